The lowest BCUT2D eigenvalue weighted by Crippen LogP contribution is -2.42. The second kappa shape index (κ2) is 8.90. The predicted molar refractivity (Wildman–Crippen MR) is 112 cm³/mol. The summed E-state index contributed by atoms with van der Waals surface area (Å²) in [6.45, 7) is 4.07. The fourth-order valence-electron chi connectivity index (χ4n) is 3.71. The van der Waals surface area contributed by atoms with Crippen molar-refractivity contribution in [3.63, 3.8) is 0 Å². The van der Waals surface area contributed by atoms with E-state index in [9.17, 15) is 14.4 Å². The maximum Gasteiger partial charge on any atom is 0.243 e. The molecule has 1 aliphatic heterocycles. The van der Waals surface area contributed by atoms with E-state index in [4.69, 9.17) is 0 Å². The van der Waals surface area contributed by atoms with E-state index in [-0.39, 0.29) is 36.7 Å². The summed E-state index contributed by atoms with van der Waals surface area (Å²) in [7, 11) is 1.61. The number of rotatable bonds is 5. The number of likely N-dealkylation sites (N-methyl/N-ethyl adjacent to an activating group) is 1. The zero-order valence-corrected chi connectivity index (χ0v) is 17.1. The molecule has 0 saturated heterocycles. The summed E-state index contributed by atoms with van der Waals surface area (Å²) >= 11 is 0. The van der Waals surface area contributed by atoms with Crippen molar-refractivity contribution in [3.8, 4) is 0 Å². The quantitative estimate of drug-likeness (QED) is 0.849. The Morgan fingerprint density at radius 3 is 2.48 bits per heavy atom. The van der Waals surface area contributed by atoms with E-state index in [2.05, 4.69) is 5.32 Å². The number of anilines is 1. The number of aryl methyl sites for hydroxylation is 1. The van der Waals surface area contributed by atoms with Gasteiger partial charge in [0.05, 0.1) is 19.0 Å². The van der Waals surface area contributed by atoms with E-state index >= 15 is 0 Å². The van der Waals surface area contributed by atoms with Gasteiger partial charge in [-0.3, -0.25) is 14.4 Å². The standard InChI is InChI=1S/C23H27N3O3/c1-16-8-10-19(11-9-16)24-22(28)15-25(3)23(29)14-21-20-7-5-4-6-18(20)12-13-26(21)17(2)27/h4-11,21H,12-15H2,1-3H3,(H,24,28). The Morgan fingerprint density at radius 2 is 1.79 bits per heavy atom. The Labute approximate surface area is 171 Å². The summed E-state index contributed by atoms with van der Waals surface area (Å²) in [6, 6.07) is 15.1. The van der Waals surface area contributed by atoms with Crippen LogP contribution in [0.2, 0.25) is 0 Å². The molecule has 1 unspecified atom stereocenters. The molecule has 2 aromatic rings. The molecule has 1 aliphatic rings. The van der Waals surface area contributed by atoms with Crippen LogP contribution in [0, 0.1) is 6.92 Å². The van der Waals surface area contributed by atoms with Crippen molar-refractivity contribution in [3.05, 3.63) is 65.2 Å². The van der Waals surface area contributed by atoms with Crippen LogP contribution in [-0.2, 0) is 20.8 Å². The maximum absolute atomic E-state index is 12.8. The third-order valence-corrected chi connectivity index (χ3v) is 5.33. The Hall–Kier alpha value is -3.15. The molecule has 2 aromatic carbocycles. The van der Waals surface area contributed by atoms with E-state index in [1.165, 1.54) is 17.4 Å². The molecule has 0 aliphatic carbocycles. The summed E-state index contributed by atoms with van der Waals surface area (Å²) in [6.07, 6.45) is 0.945. The predicted octanol–water partition coefficient (Wildman–Crippen LogP) is 2.93. The first-order valence-electron chi connectivity index (χ1n) is 9.80. The highest BCUT2D eigenvalue weighted by Gasteiger charge is 2.31. The Balaban J connectivity index is 1.65. The van der Waals surface area contributed by atoms with Crippen LogP contribution in [0.3, 0.4) is 0 Å². The molecular weight excluding hydrogens is 366 g/mol. The van der Waals surface area contributed by atoms with Gasteiger partial charge in [0.1, 0.15) is 0 Å². The fraction of sp³-hybridized carbons (Fsp3) is 0.348. The van der Waals surface area contributed by atoms with Gasteiger partial charge in [-0.2, -0.15) is 0 Å². The van der Waals surface area contributed by atoms with Crippen LogP contribution >= 0.6 is 0 Å². The highest BCUT2D eigenvalue weighted by atomic mass is 16.2. The fourth-order valence-corrected chi connectivity index (χ4v) is 3.71. The number of hydrogen-bond acceptors (Lipinski definition) is 3. The molecule has 6 heteroatoms. The lowest BCUT2D eigenvalue weighted by molar-refractivity contribution is -0.137. The van der Waals surface area contributed by atoms with Crippen LogP contribution < -0.4 is 5.32 Å². The van der Waals surface area contributed by atoms with Crippen LogP contribution in [-0.4, -0.2) is 47.7 Å². The molecule has 1 N–H and O–H groups in total. The summed E-state index contributed by atoms with van der Waals surface area (Å²) in [4.78, 5) is 40.4. The average Bonchev–Trinajstić information content (AvgIpc) is 2.69. The van der Waals surface area contributed by atoms with Crippen molar-refractivity contribution in [1.29, 1.82) is 0 Å². The molecule has 3 amide bonds. The first-order chi connectivity index (χ1) is 13.8. The first kappa shape index (κ1) is 20.6. The van der Waals surface area contributed by atoms with Crippen molar-refractivity contribution in [2.75, 3.05) is 25.5 Å². The van der Waals surface area contributed by atoms with Crippen LogP contribution in [0.5, 0.6) is 0 Å². The number of carbonyl (C=O) groups is 3. The van der Waals surface area contributed by atoms with Crippen molar-refractivity contribution >= 4 is 23.4 Å². The molecule has 3 rings (SSSR count). The van der Waals surface area contributed by atoms with E-state index < -0.39 is 0 Å². The molecule has 0 saturated carbocycles. The van der Waals surface area contributed by atoms with E-state index in [1.54, 1.807) is 11.9 Å². The molecule has 1 atom stereocenters. The van der Waals surface area contributed by atoms with Crippen molar-refractivity contribution in [2.24, 2.45) is 0 Å². The summed E-state index contributed by atoms with van der Waals surface area (Å²) < 4.78 is 0. The topological polar surface area (TPSA) is 69.7 Å². The van der Waals surface area contributed by atoms with Gasteiger partial charge >= 0.3 is 0 Å². The monoisotopic (exact) mass is 393 g/mol. The molecule has 1 heterocycles. The van der Waals surface area contributed by atoms with Crippen molar-refractivity contribution < 1.29 is 14.4 Å². The summed E-state index contributed by atoms with van der Waals surface area (Å²) in [5.41, 5.74) is 3.99. The lowest BCUT2D eigenvalue weighted by Gasteiger charge is -2.37. The number of nitrogens with one attached hydrogen (secondary N) is 1. The average molecular weight is 393 g/mol. The smallest absolute Gasteiger partial charge is 0.243 e. The number of fused-ring (bicyclic) bond motifs is 1. The lowest BCUT2D eigenvalue weighted by atomic mass is 9.90. The van der Waals surface area contributed by atoms with Gasteiger partial charge in [0, 0.05) is 26.2 Å². The molecular formula is C23H27N3O3. The number of benzene rings is 2. The third kappa shape index (κ3) is 5.02. The Morgan fingerprint density at radius 1 is 1.10 bits per heavy atom. The molecule has 0 aromatic heterocycles. The van der Waals surface area contributed by atoms with E-state index in [0.717, 1.165) is 17.5 Å². The molecule has 152 valence electrons. The van der Waals surface area contributed by atoms with Gasteiger partial charge < -0.3 is 15.1 Å². The Kier molecular flexibility index (Phi) is 6.32. The van der Waals surface area contributed by atoms with Crippen LogP contribution in [0.4, 0.5) is 5.69 Å². The second-order valence-corrected chi connectivity index (χ2v) is 7.55. The first-order valence-corrected chi connectivity index (χ1v) is 9.80. The van der Waals surface area contributed by atoms with Crippen molar-refractivity contribution in [1.82, 2.24) is 9.80 Å². The number of amides is 3. The highest BCUT2D eigenvalue weighted by Crippen LogP contribution is 2.32. The normalized spacial score (nSPS) is 15.4. The molecule has 0 bridgehead atoms. The van der Waals surface area contributed by atoms with Gasteiger partial charge in [0.2, 0.25) is 17.7 Å². The minimum Gasteiger partial charge on any atom is -0.336 e. The number of hydrogen-bond donors (Lipinski definition) is 1. The molecule has 29 heavy (non-hydrogen) atoms. The number of carbonyl (C=O) groups excluding carboxylic acids is 3. The van der Waals surface area contributed by atoms with Crippen LogP contribution in [0.25, 0.3) is 0 Å². The molecule has 0 fully saturated rings. The minimum absolute atomic E-state index is 0.0405. The van der Waals surface area contributed by atoms with Gasteiger partial charge in [0.15, 0.2) is 0 Å². The summed E-state index contributed by atoms with van der Waals surface area (Å²) in [5, 5.41) is 2.80. The van der Waals surface area contributed by atoms with Gasteiger partial charge in [-0.05, 0) is 36.6 Å². The molecule has 6 nitrogen and oxygen atoms in total. The SMILES string of the molecule is CC(=O)N1CCc2ccccc2C1CC(=O)N(C)CC(=O)Nc1ccc(C)cc1. The van der Waals surface area contributed by atoms with E-state index in [0.29, 0.717) is 12.2 Å². The van der Waals surface area contributed by atoms with Crippen LogP contribution in [0.15, 0.2) is 48.5 Å². The maximum atomic E-state index is 12.8. The number of nitrogens with zero attached hydrogens (tertiary/aromatic N) is 2. The van der Waals surface area contributed by atoms with E-state index in [1.807, 2.05) is 55.5 Å². The summed E-state index contributed by atoms with van der Waals surface area (Å²) in [5.74, 6) is -0.466. The third-order valence-electron chi connectivity index (χ3n) is 5.33. The zero-order chi connectivity index (χ0) is 21.0. The van der Waals surface area contributed by atoms with Crippen molar-refractivity contribution in [2.45, 2.75) is 32.7 Å². The molecule has 0 spiro atoms. The molecule has 0 radical (unpaired) electrons. The second-order valence-electron chi connectivity index (χ2n) is 7.55. The largest absolute Gasteiger partial charge is 0.336 e. The van der Waals surface area contributed by atoms with Gasteiger partial charge in [0.25, 0.3) is 0 Å². The van der Waals surface area contributed by atoms with Crippen LogP contribution in [0.1, 0.15) is 36.1 Å². The van der Waals surface area contributed by atoms with Gasteiger partial charge in [-0.25, -0.2) is 0 Å². The highest BCUT2D eigenvalue weighted by molar-refractivity contribution is 5.94. The minimum atomic E-state index is -0.299. The van der Waals surface area contributed by atoms with Gasteiger partial charge in [-0.15, -0.1) is 0 Å². The van der Waals surface area contributed by atoms with Gasteiger partial charge in [-0.1, -0.05) is 42.0 Å². The zero-order valence-electron chi connectivity index (χ0n) is 17.1. The Bertz CT molecular complexity index is 908.